The minimum absolute atomic E-state index is 0.246. The lowest BCUT2D eigenvalue weighted by molar-refractivity contribution is 0.282. The van der Waals surface area contributed by atoms with Gasteiger partial charge in [-0.2, -0.15) is 0 Å². The number of halogens is 1. The summed E-state index contributed by atoms with van der Waals surface area (Å²) in [6, 6.07) is 5.88. The molecular weight excluding hydrogens is 253 g/mol. The molecule has 18 heavy (non-hydrogen) atoms. The van der Waals surface area contributed by atoms with E-state index >= 15 is 0 Å². The van der Waals surface area contributed by atoms with Crippen molar-refractivity contribution in [1.29, 1.82) is 0 Å². The number of hydrogen-bond donors (Lipinski definition) is 2. The van der Waals surface area contributed by atoms with E-state index in [-0.39, 0.29) is 18.2 Å². The van der Waals surface area contributed by atoms with Gasteiger partial charge < -0.3 is 10.8 Å². The van der Waals surface area contributed by atoms with Crippen LogP contribution in [-0.2, 0) is 6.61 Å². The highest BCUT2D eigenvalue weighted by Crippen LogP contribution is 2.27. The molecule has 1 heterocycles. The highest BCUT2D eigenvalue weighted by Gasteiger charge is 2.13. The zero-order valence-corrected chi connectivity index (χ0v) is 10.5. The van der Waals surface area contributed by atoms with Crippen LogP contribution in [0.2, 0.25) is 0 Å². The number of nitrogen functional groups attached to an aromatic ring is 1. The van der Waals surface area contributed by atoms with Gasteiger partial charge in [0.15, 0.2) is 5.16 Å². The van der Waals surface area contributed by atoms with Gasteiger partial charge in [0.05, 0.1) is 12.3 Å². The van der Waals surface area contributed by atoms with E-state index in [4.69, 9.17) is 5.73 Å². The number of anilines is 1. The molecule has 0 aliphatic carbocycles. The van der Waals surface area contributed by atoms with Crippen molar-refractivity contribution in [3.05, 3.63) is 35.6 Å². The fraction of sp³-hybridized carbons (Fsp3) is 0.167. The van der Waals surface area contributed by atoms with Crippen molar-refractivity contribution in [1.82, 2.24) is 9.97 Å². The van der Waals surface area contributed by atoms with E-state index in [1.807, 2.05) is 6.26 Å². The van der Waals surface area contributed by atoms with Crippen LogP contribution < -0.4 is 5.73 Å². The number of nitrogens with zero attached hydrogens (tertiary/aromatic N) is 2. The predicted octanol–water partition coefficient (Wildman–Crippen LogP) is 2.08. The Bertz CT molecular complexity index is 560. The maximum absolute atomic E-state index is 12.9. The smallest absolute Gasteiger partial charge is 0.189 e. The van der Waals surface area contributed by atoms with Gasteiger partial charge in [0, 0.05) is 11.1 Å². The number of benzene rings is 1. The maximum atomic E-state index is 12.9. The molecule has 3 N–H and O–H groups in total. The number of aliphatic hydroxyl groups is 1. The molecule has 0 saturated carbocycles. The molecule has 4 nitrogen and oxygen atoms in total. The lowest BCUT2D eigenvalue weighted by Crippen LogP contribution is -2.04. The summed E-state index contributed by atoms with van der Waals surface area (Å²) in [5.74, 6) is -0.0763. The summed E-state index contributed by atoms with van der Waals surface area (Å²) in [4.78, 5) is 8.37. The van der Waals surface area contributed by atoms with Gasteiger partial charge in [-0.05, 0) is 30.5 Å². The number of rotatable bonds is 3. The summed E-state index contributed by atoms with van der Waals surface area (Å²) in [5.41, 5.74) is 7.47. The van der Waals surface area contributed by atoms with E-state index in [0.717, 1.165) is 0 Å². The number of nitrogens with two attached hydrogens (primary N) is 1. The normalized spacial score (nSPS) is 10.6. The number of aliphatic hydroxyl groups excluding tert-OH is 1. The minimum atomic E-state index is -0.323. The third kappa shape index (κ3) is 2.44. The van der Waals surface area contributed by atoms with Crippen LogP contribution in [0.5, 0.6) is 0 Å². The van der Waals surface area contributed by atoms with Crippen LogP contribution in [0.25, 0.3) is 11.3 Å². The Morgan fingerprint density at radius 1 is 1.28 bits per heavy atom. The summed E-state index contributed by atoms with van der Waals surface area (Å²) in [6.45, 7) is -0.257. The van der Waals surface area contributed by atoms with Crippen LogP contribution in [0.3, 0.4) is 0 Å². The average molecular weight is 265 g/mol. The summed E-state index contributed by atoms with van der Waals surface area (Å²) >= 11 is 1.36. The van der Waals surface area contributed by atoms with Crippen molar-refractivity contribution in [3.8, 4) is 11.3 Å². The summed E-state index contributed by atoms with van der Waals surface area (Å²) in [7, 11) is 0. The van der Waals surface area contributed by atoms with Crippen LogP contribution >= 0.6 is 11.8 Å². The van der Waals surface area contributed by atoms with Crippen LogP contribution in [0, 0.1) is 5.82 Å². The number of hydrogen-bond acceptors (Lipinski definition) is 5. The first-order chi connectivity index (χ1) is 8.65. The Labute approximate surface area is 108 Å². The first-order valence-electron chi connectivity index (χ1n) is 5.23. The van der Waals surface area contributed by atoms with E-state index in [1.165, 1.54) is 23.9 Å². The zero-order chi connectivity index (χ0) is 13.1. The van der Waals surface area contributed by atoms with Crippen molar-refractivity contribution in [2.45, 2.75) is 11.8 Å². The van der Waals surface area contributed by atoms with Crippen molar-refractivity contribution in [3.63, 3.8) is 0 Å². The summed E-state index contributed by atoms with van der Waals surface area (Å²) < 4.78 is 12.9. The van der Waals surface area contributed by atoms with Gasteiger partial charge >= 0.3 is 0 Å². The molecule has 2 aromatic rings. The topological polar surface area (TPSA) is 72.0 Å². The molecule has 1 aromatic heterocycles. The lowest BCUT2D eigenvalue weighted by Gasteiger charge is -2.10. The Hall–Kier alpha value is -1.66. The SMILES string of the molecule is CSc1nc(N)c(CO)c(-c2ccc(F)cc2)n1. The van der Waals surface area contributed by atoms with Crippen LogP contribution in [0.1, 0.15) is 5.56 Å². The Kier molecular flexibility index (Phi) is 3.78. The van der Waals surface area contributed by atoms with Gasteiger partial charge in [-0.1, -0.05) is 11.8 Å². The van der Waals surface area contributed by atoms with Crippen molar-refractivity contribution >= 4 is 17.6 Å². The second-order valence-electron chi connectivity index (χ2n) is 3.59. The lowest BCUT2D eigenvalue weighted by atomic mass is 10.1. The van der Waals surface area contributed by atoms with E-state index in [9.17, 15) is 9.50 Å². The molecule has 6 heteroatoms. The number of aromatic nitrogens is 2. The quantitative estimate of drug-likeness (QED) is 0.656. The van der Waals surface area contributed by atoms with Gasteiger partial charge in [0.1, 0.15) is 11.6 Å². The standard InChI is InChI=1S/C12H12FN3OS/c1-18-12-15-10(9(6-17)11(14)16-12)7-2-4-8(13)5-3-7/h2-5,17H,6H2,1H3,(H2,14,15,16). The van der Waals surface area contributed by atoms with Gasteiger partial charge in [-0.3, -0.25) is 0 Å². The minimum Gasteiger partial charge on any atom is -0.391 e. The number of thioether (sulfide) groups is 1. The third-order valence-electron chi connectivity index (χ3n) is 2.48. The molecule has 0 bridgehead atoms. The molecule has 0 saturated heterocycles. The summed E-state index contributed by atoms with van der Waals surface area (Å²) in [5, 5.41) is 9.86. The maximum Gasteiger partial charge on any atom is 0.189 e. The van der Waals surface area contributed by atoms with Crippen LogP contribution in [0.4, 0.5) is 10.2 Å². The zero-order valence-electron chi connectivity index (χ0n) is 9.72. The van der Waals surface area contributed by atoms with E-state index < -0.39 is 0 Å². The molecule has 94 valence electrons. The van der Waals surface area contributed by atoms with Gasteiger partial charge in [-0.15, -0.1) is 0 Å². The molecule has 2 rings (SSSR count). The Morgan fingerprint density at radius 2 is 1.94 bits per heavy atom. The van der Waals surface area contributed by atoms with Crippen molar-refractivity contribution < 1.29 is 9.50 Å². The average Bonchev–Trinajstić information content (AvgIpc) is 2.38. The van der Waals surface area contributed by atoms with Crippen molar-refractivity contribution in [2.24, 2.45) is 0 Å². The first kappa shape index (κ1) is 12.8. The third-order valence-corrected chi connectivity index (χ3v) is 3.02. The van der Waals surface area contributed by atoms with Gasteiger partial charge in [-0.25, -0.2) is 14.4 Å². The van der Waals surface area contributed by atoms with E-state index in [2.05, 4.69) is 9.97 Å². The van der Waals surface area contributed by atoms with E-state index in [0.29, 0.717) is 22.0 Å². The largest absolute Gasteiger partial charge is 0.391 e. The van der Waals surface area contributed by atoms with Gasteiger partial charge in [0.2, 0.25) is 0 Å². The fourth-order valence-corrected chi connectivity index (χ4v) is 1.95. The summed E-state index contributed by atoms with van der Waals surface area (Å²) in [6.07, 6.45) is 1.84. The fourth-order valence-electron chi connectivity index (χ4n) is 1.57. The molecular formula is C12H12FN3OS. The van der Waals surface area contributed by atoms with Crippen LogP contribution in [-0.4, -0.2) is 21.3 Å². The Balaban J connectivity index is 2.60. The predicted molar refractivity (Wildman–Crippen MR) is 69.5 cm³/mol. The molecule has 0 amide bonds. The molecule has 0 unspecified atom stereocenters. The molecule has 0 radical (unpaired) electrons. The molecule has 1 aromatic carbocycles. The highest BCUT2D eigenvalue weighted by atomic mass is 32.2. The Morgan fingerprint density at radius 3 is 2.50 bits per heavy atom. The molecule has 0 aliphatic rings. The monoisotopic (exact) mass is 265 g/mol. The van der Waals surface area contributed by atoms with E-state index in [1.54, 1.807) is 12.1 Å². The van der Waals surface area contributed by atoms with Crippen molar-refractivity contribution in [2.75, 3.05) is 12.0 Å². The molecule has 0 atom stereocenters. The second kappa shape index (κ2) is 5.32. The van der Waals surface area contributed by atoms with Crippen LogP contribution in [0.15, 0.2) is 29.4 Å². The molecule has 0 fully saturated rings. The first-order valence-corrected chi connectivity index (χ1v) is 6.45. The molecule has 0 aliphatic heterocycles. The molecule has 0 spiro atoms. The highest BCUT2D eigenvalue weighted by molar-refractivity contribution is 7.98. The van der Waals surface area contributed by atoms with Gasteiger partial charge in [0.25, 0.3) is 0 Å². The second-order valence-corrected chi connectivity index (χ2v) is 4.36.